The molecule has 4 heteroatoms. The van der Waals surface area contributed by atoms with Crippen LogP contribution in [0.4, 0.5) is 5.69 Å². The number of esters is 1. The van der Waals surface area contributed by atoms with Crippen molar-refractivity contribution in [3.05, 3.63) is 39.5 Å². The fourth-order valence-corrected chi connectivity index (χ4v) is 2.52. The summed E-state index contributed by atoms with van der Waals surface area (Å²) in [6.07, 6.45) is 0. The molecule has 0 unspecified atom stereocenters. The quantitative estimate of drug-likeness (QED) is 0.674. The van der Waals surface area contributed by atoms with Gasteiger partial charge < -0.3 is 10.5 Å². The minimum absolute atomic E-state index is 0.348. The van der Waals surface area contributed by atoms with Crippen LogP contribution in [0.1, 0.15) is 17.3 Å². The van der Waals surface area contributed by atoms with Gasteiger partial charge in [0.25, 0.3) is 0 Å². The number of ether oxygens (including phenoxy) is 1. The maximum Gasteiger partial charge on any atom is 0.340 e. The van der Waals surface area contributed by atoms with Gasteiger partial charge in [0.2, 0.25) is 0 Å². The number of anilines is 1. The first-order chi connectivity index (χ1) is 8.16. The number of rotatable bonds is 2. The van der Waals surface area contributed by atoms with Crippen LogP contribution in [-0.4, -0.2) is 12.6 Å². The van der Waals surface area contributed by atoms with Crippen molar-refractivity contribution in [3.8, 4) is 11.1 Å². The van der Waals surface area contributed by atoms with Crippen molar-refractivity contribution >= 4 is 34.2 Å². The van der Waals surface area contributed by atoms with Crippen molar-refractivity contribution in [3.63, 3.8) is 0 Å². The normalized spacial score (nSPS) is 10.5. The Morgan fingerprint density at radius 2 is 1.94 bits per heavy atom. The molecule has 0 aromatic rings. The van der Waals surface area contributed by atoms with E-state index < -0.39 is 0 Å². The van der Waals surface area contributed by atoms with Crippen molar-refractivity contribution in [2.24, 2.45) is 0 Å². The highest BCUT2D eigenvalue weighted by Crippen LogP contribution is 2.39. The van der Waals surface area contributed by atoms with Gasteiger partial charge in [-0.1, -0.05) is 30.3 Å². The third-order valence-corrected chi connectivity index (χ3v) is 3.69. The maximum atomic E-state index is 11.9. The second-order valence-electron chi connectivity index (χ2n) is 3.56. The van der Waals surface area contributed by atoms with Gasteiger partial charge in [0.15, 0.2) is 0 Å². The van der Waals surface area contributed by atoms with Gasteiger partial charge >= 0.3 is 5.97 Å². The predicted octanol–water partition coefficient (Wildman–Crippen LogP) is 3.15. The topological polar surface area (TPSA) is 52.3 Å². The predicted molar refractivity (Wildman–Crippen MR) is 76.1 cm³/mol. The molecule has 0 heterocycles. The molecule has 88 valence electrons. The van der Waals surface area contributed by atoms with E-state index in [1.54, 1.807) is 6.92 Å². The molecule has 0 spiro atoms. The number of carbonyl (C=O) groups is 1. The molecule has 2 aliphatic carbocycles. The second kappa shape index (κ2) is 4.91. The zero-order valence-corrected chi connectivity index (χ0v) is 11.5. The van der Waals surface area contributed by atoms with Crippen LogP contribution in [0, 0.1) is 3.57 Å². The summed E-state index contributed by atoms with van der Waals surface area (Å²) in [5.41, 5.74) is 8.78. The molecule has 0 bridgehead atoms. The molecule has 0 aliphatic heterocycles. The van der Waals surface area contributed by atoms with E-state index in [2.05, 4.69) is 22.6 Å². The van der Waals surface area contributed by atoms with Gasteiger partial charge in [-0.15, -0.1) is 0 Å². The molecule has 0 saturated heterocycles. The molecule has 0 atom stereocenters. The highest BCUT2D eigenvalue weighted by Gasteiger charge is 2.24. The summed E-state index contributed by atoms with van der Waals surface area (Å²) in [5.74, 6) is -0.357. The fourth-order valence-electron chi connectivity index (χ4n) is 1.78. The van der Waals surface area contributed by atoms with Crippen molar-refractivity contribution in [1.29, 1.82) is 0 Å². The molecule has 0 fully saturated rings. The van der Waals surface area contributed by atoms with Gasteiger partial charge in [0, 0.05) is 3.57 Å². The first-order valence-corrected chi connectivity index (χ1v) is 6.37. The second-order valence-corrected chi connectivity index (χ2v) is 4.64. The van der Waals surface area contributed by atoms with Gasteiger partial charge in [-0.05, 0) is 40.6 Å². The molecule has 0 aromatic heterocycles. The molecule has 0 aromatic carbocycles. The average Bonchev–Trinajstić information content (AvgIpc) is 2.49. The van der Waals surface area contributed by atoms with Gasteiger partial charge in [0.05, 0.1) is 17.9 Å². The number of nitrogens with two attached hydrogens (primary N) is 1. The number of hydrogen-bond acceptors (Lipinski definition) is 3. The van der Waals surface area contributed by atoms with E-state index in [0.29, 0.717) is 17.9 Å². The summed E-state index contributed by atoms with van der Waals surface area (Å²) in [5, 5.41) is 0. The van der Waals surface area contributed by atoms with Crippen LogP contribution < -0.4 is 5.73 Å². The molecule has 2 aliphatic rings. The summed E-state index contributed by atoms with van der Waals surface area (Å²) in [7, 11) is 0. The molecule has 0 saturated carbocycles. The van der Waals surface area contributed by atoms with Crippen LogP contribution >= 0.6 is 22.6 Å². The summed E-state index contributed by atoms with van der Waals surface area (Å²) in [4.78, 5) is 11.9. The maximum absolute atomic E-state index is 11.9. The minimum atomic E-state index is -0.357. The van der Waals surface area contributed by atoms with E-state index in [1.165, 1.54) is 0 Å². The lowest BCUT2D eigenvalue weighted by molar-refractivity contribution is 0.0529. The summed E-state index contributed by atoms with van der Waals surface area (Å²) >= 11 is 2.16. The van der Waals surface area contributed by atoms with Crippen molar-refractivity contribution in [1.82, 2.24) is 0 Å². The summed E-state index contributed by atoms with van der Waals surface area (Å²) in [6.45, 7) is 2.13. The van der Waals surface area contributed by atoms with E-state index in [0.717, 1.165) is 14.7 Å². The Bertz CT molecular complexity index is 539. The van der Waals surface area contributed by atoms with E-state index in [-0.39, 0.29) is 5.97 Å². The Morgan fingerprint density at radius 1 is 1.29 bits per heavy atom. The zero-order valence-electron chi connectivity index (χ0n) is 9.37. The number of halogens is 1. The fraction of sp³-hybridized carbons (Fsp3) is 0.154. The summed E-state index contributed by atoms with van der Waals surface area (Å²) < 4.78 is 5.94. The molecule has 0 radical (unpaired) electrons. The van der Waals surface area contributed by atoms with E-state index in [9.17, 15) is 4.79 Å². The third kappa shape index (κ3) is 2.09. The Hall–Kier alpha value is -1.30. The lowest BCUT2D eigenvalue weighted by Gasteiger charge is -2.02. The van der Waals surface area contributed by atoms with E-state index >= 15 is 0 Å². The smallest absolute Gasteiger partial charge is 0.340 e. The Morgan fingerprint density at radius 3 is 2.59 bits per heavy atom. The van der Waals surface area contributed by atoms with Crippen molar-refractivity contribution in [2.75, 3.05) is 12.3 Å². The highest BCUT2D eigenvalue weighted by molar-refractivity contribution is 14.1. The molecule has 2 N–H and O–H groups in total. The van der Waals surface area contributed by atoms with Crippen LogP contribution in [0.3, 0.4) is 0 Å². The molecule has 17 heavy (non-hydrogen) atoms. The number of fused-ring (bicyclic) bond motifs is 1. The van der Waals surface area contributed by atoms with Crippen molar-refractivity contribution < 1.29 is 9.53 Å². The van der Waals surface area contributed by atoms with Crippen LogP contribution in [0.25, 0.3) is 11.1 Å². The van der Waals surface area contributed by atoms with E-state index in [1.807, 2.05) is 30.3 Å². The SMILES string of the molecule is CCOC(=O)c1c2cccccc-2c(I)c1N. The van der Waals surface area contributed by atoms with Gasteiger partial charge in [0.1, 0.15) is 0 Å². The molecular weight excluding hydrogens is 329 g/mol. The highest BCUT2D eigenvalue weighted by atomic mass is 127. The third-order valence-electron chi connectivity index (χ3n) is 2.53. The van der Waals surface area contributed by atoms with E-state index in [4.69, 9.17) is 10.5 Å². The lowest BCUT2D eigenvalue weighted by atomic mass is 10.1. The first kappa shape index (κ1) is 12.2. The standard InChI is InChI=1S/C13H12INO2/c1-2-17-13(16)10-8-6-4-3-5-7-9(8)11(14)12(10)15/h3-7H,2,15H2,1H3. The molecule has 0 amide bonds. The monoisotopic (exact) mass is 341 g/mol. The Balaban J connectivity index is 2.66. The largest absolute Gasteiger partial charge is 0.462 e. The van der Waals surface area contributed by atoms with Gasteiger partial charge in [-0.2, -0.15) is 0 Å². The molecule has 2 rings (SSSR count). The summed E-state index contributed by atoms with van der Waals surface area (Å²) in [6, 6.07) is 9.58. The number of carbonyl (C=O) groups excluding carboxylic acids is 1. The minimum Gasteiger partial charge on any atom is -0.462 e. The van der Waals surface area contributed by atoms with Crippen LogP contribution in [0.5, 0.6) is 0 Å². The van der Waals surface area contributed by atoms with Crippen molar-refractivity contribution in [2.45, 2.75) is 6.92 Å². The lowest BCUT2D eigenvalue weighted by Crippen LogP contribution is -2.06. The van der Waals surface area contributed by atoms with Crippen LogP contribution in [0.15, 0.2) is 30.3 Å². The molecular formula is C13H12INO2. The first-order valence-electron chi connectivity index (χ1n) is 5.29. The van der Waals surface area contributed by atoms with Crippen LogP contribution in [0.2, 0.25) is 0 Å². The molecule has 3 nitrogen and oxygen atoms in total. The van der Waals surface area contributed by atoms with Gasteiger partial charge in [-0.25, -0.2) is 4.79 Å². The Kier molecular flexibility index (Phi) is 3.51. The van der Waals surface area contributed by atoms with Gasteiger partial charge in [-0.3, -0.25) is 0 Å². The average molecular weight is 341 g/mol. The number of hydrogen-bond donors (Lipinski definition) is 1. The number of nitrogen functional groups attached to an aromatic ring is 1. The van der Waals surface area contributed by atoms with Crippen LogP contribution in [-0.2, 0) is 4.74 Å². The Labute approximate surface area is 113 Å². The zero-order chi connectivity index (χ0) is 12.4.